The Balaban J connectivity index is 3.97. The van der Waals surface area contributed by atoms with Crippen molar-refractivity contribution >= 4 is 28.0 Å². The molecule has 0 unspecified atom stereocenters. The van der Waals surface area contributed by atoms with Crippen LogP contribution in [0.15, 0.2) is 0 Å². The Morgan fingerprint density at radius 3 is 1.72 bits per heavy atom. The van der Waals surface area contributed by atoms with E-state index in [2.05, 4.69) is 12.2 Å². The molecule has 0 aromatic heterocycles. The monoisotopic (exact) mass is 479 g/mol. The summed E-state index contributed by atoms with van der Waals surface area (Å²) in [4.78, 5) is 34.9. The minimum Gasteiger partial charge on any atom is -0.480 e. The summed E-state index contributed by atoms with van der Waals surface area (Å²) in [5, 5.41) is 8.82. The van der Waals surface area contributed by atoms with Gasteiger partial charge in [-0.1, -0.05) is 84.5 Å². The fraction of sp³-hybridized carbons (Fsp3) is 0.864. The third-order valence-electron chi connectivity index (χ3n) is 5.28. The summed E-state index contributed by atoms with van der Waals surface area (Å²) in [6.07, 6.45) is 13.5. The van der Waals surface area contributed by atoms with E-state index in [0.29, 0.717) is 0 Å². The van der Waals surface area contributed by atoms with Crippen molar-refractivity contribution < 1.29 is 37.2 Å². The van der Waals surface area contributed by atoms with Crippen LogP contribution in [-0.2, 0) is 29.2 Å². The van der Waals surface area contributed by atoms with Crippen LogP contribution in [-0.4, -0.2) is 53.8 Å². The molecule has 32 heavy (non-hydrogen) atoms. The fourth-order valence-electron chi connectivity index (χ4n) is 3.29. The van der Waals surface area contributed by atoms with E-state index in [9.17, 15) is 22.8 Å². The lowest BCUT2D eigenvalue weighted by molar-refractivity contribution is -0.148. The number of unbranched alkanes of at least 4 members (excludes halogenated alkanes) is 11. The van der Waals surface area contributed by atoms with E-state index >= 15 is 0 Å². The molecule has 10 heteroatoms. The van der Waals surface area contributed by atoms with Crippen LogP contribution in [0, 0.1) is 0 Å². The summed E-state index contributed by atoms with van der Waals surface area (Å²) in [5.74, 6) is -3.46. The van der Waals surface area contributed by atoms with E-state index in [1.54, 1.807) is 6.92 Å². The maximum Gasteiger partial charge on any atom is 0.328 e. The highest BCUT2D eigenvalue weighted by molar-refractivity contribution is 7.87. The molecule has 0 aromatic rings. The minimum absolute atomic E-state index is 0.201. The van der Waals surface area contributed by atoms with Gasteiger partial charge in [0, 0.05) is 0 Å². The van der Waals surface area contributed by atoms with Crippen LogP contribution in [0.1, 0.15) is 104 Å². The standard InChI is InChI=1S/C22H41NO8S/c1-3-5-6-7-8-9-10-11-12-13-14-15-16-31-22(27)18(4-2)23-20(24)17-19(21(25)26)32(28,29)30/h18-19H,3-17H2,1-2H3,(H,23,24)(H,25,26)(H,28,29,30)/t18-,19+/m1/s1. The van der Waals surface area contributed by atoms with Crippen LogP contribution in [0.2, 0.25) is 0 Å². The average Bonchev–Trinajstić information content (AvgIpc) is 2.72. The van der Waals surface area contributed by atoms with Crippen molar-refractivity contribution in [3.05, 3.63) is 0 Å². The van der Waals surface area contributed by atoms with E-state index in [-0.39, 0.29) is 13.0 Å². The molecule has 0 fully saturated rings. The Morgan fingerprint density at radius 2 is 1.31 bits per heavy atom. The normalized spacial score (nSPS) is 13.3. The smallest absolute Gasteiger partial charge is 0.328 e. The van der Waals surface area contributed by atoms with Crippen LogP contribution in [0.5, 0.6) is 0 Å². The molecule has 0 aliphatic carbocycles. The van der Waals surface area contributed by atoms with Gasteiger partial charge in [-0.05, 0) is 12.8 Å². The summed E-state index contributed by atoms with van der Waals surface area (Å²) in [7, 11) is -4.93. The molecule has 0 saturated heterocycles. The van der Waals surface area contributed by atoms with E-state index in [1.807, 2.05) is 0 Å². The molecule has 0 aromatic carbocycles. The second kappa shape index (κ2) is 17.8. The third kappa shape index (κ3) is 15.2. The number of ether oxygens (including phenoxy) is 1. The zero-order chi connectivity index (χ0) is 24.4. The van der Waals surface area contributed by atoms with Gasteiger partial charge < -0.3 is 15.2 Å². The number of carbonyl (C=O) groups excluding carboxylic acids is 2. The van der Waals surface area contributed by atoms with Crippen molar-refractivity contribution in [3.63, 3.8) is 0 Å². The highest BCUT2D eigenvalue weighted by Crippen LogP contribution is 2.12. The van der Waals surface area contributed by atoms with Crippen molar-refractivity contribution in [2.24, 2.45) is 0 Å². The largest absolute Gasteiger partial charge is 0.480 e. The van der Waals surface area contributed by atoms with Gasteiger partial charge in [0.15, 0.2) is 5.25 Å². The quantitative estimate of drug-likeness (QED) is 0.135. The van der Waals surface area contributed by atoms with Crippen molar-refractivity contribution in [2.45, 2.75) is 115 Å². The average molecular weight is 480 g/mol. The van der Waals surface area contributed by atoms with Crippen LogP contribution >= 0.6 is 0 Å². The first kappa shape index (κ1) is 30.3. The first-order chi connectivity index (χ1) is 15.1. The Kier molecular flexibility index (Phi) is 16.9. The number of carboxylic acid groups (broad SMARTS) is 1. The first-order valence-electron chi connectivity index (χ1n) is 11.8. The molecule has 0 aliphatic heterocycles. The number of rotatable bonds is 20. The fourth-order valence-corrected chi connectivity index (χ4v) is 3.90. The van der Waals surface area contributed by atoms with Gasteiger partial charge in [0.25, 0.3) is 10.1 Å². The Labute approximate surface area is 192 Å². The summed E-state index contributed by atoms with van der Waals surface area (Å²) in [5.41, 5.74) is 0. The predicted molar refractivity (Wildman–Crippen MR) is 122 cm³/mol. The number of nitrogens with one attached hydrogen (secondary N) is 1. The van der Waals surface area contributed by atoms with Crippen LogP contribution in [0.4, 0.5) is 0 Å². The lowest BCUT2D eigenvalue weighted by Gasteiger charge is -2.17. The maximum absolute atomic E-state index is 12.1. The molecule has 0 saturated carbocycles. The molecule has 0 rings (SSSR count). The van der Waals surface area contributed by atoms with Crippen LogP contribution < -0.4 is 5.32 Å². The highest BCUT2D eigenvalue weighted by atomic mass is 32.2. The summed E-state index contributed by atoms with van der Waals surface area (Å²) < 4.78 is 36.2. The lowest BCUT2D eigenvalue weighted by Crippen LogP contribution is -2.44. The lowest BCUT2D eigenvalue weighted by atomic mass is 10.1. The number of aliphatic carboxylic acids is 1. The van der Waals surface area contributed by atoms with Gasteiger partial charge in [0.2, 0.25) is 5.91 Å². The van der Waals surface area contributed by atoms with Crippen molar-refractivity contribution in [3.8, 4) is 0 Å². The summed E-state index contributed by atoms with van der Waals surface area (Å²) >= 11 is 0. The molecule has 0 aliphatic rings. The van der Waals surface area contributed by atoms with Gasteiger partial charge in [-0.15, -0.1) is 0 Å². The zero-order valence-corrected chi connectivity index (χ0v) is 20.3. The number of esters is 1. The first-order valence-corrected chi connectivity index (χ1v) is 13.3. The number of hydrogen-bond acceptors (Lipinski definition) is 6. The molecular weight excluding hydrogens is 438 g/mol. The third-order valence-corrected chi connectivity index (χ3v) is 6.36. The number of carbonyl (C=O) groups is 3. The Bertz CT molecular complexity index is 650. The second-order valence-corrected chi connectivity index (χ2v) is 9.73. The van der Waals surface area contributed by atoms with Gasteiger partial charge in [-0.3, -0.25) is 14.1 Å². The van der Waals surface area contributed by atoms with E-state index < -0.39 is 45.7 Å². The highest BCUT2D eigenvalue weighted by Gasteiger charge is 2.34. The molecule has 0 spiro atoms. The maximum atomic E-state index is 12.1. The molecule has 188 valence electrons. The van der Waals surface area contributed by atoms with E-state index in [1.165, 1.54) is 51.4 Å². The van der Waals surface area contributed by atoms with Crippen LogP contribution in [0.3, 0.4) is 0 Å². The summed E-state index contributed by atoms with van der Waals surface area (Å²) in [6, 6.07) is -1.00. The van der Waals surface area contributed by atoms with Gasteiger partial charge in [0.05, 0.1) is 13.0 Å². The van der Waals surface area contributed by atoms with Gasteiger partial charge in [0.1, 0.15) is 6.04 Å². The predicted octanol–water partition coefficient (Wildman–Crippen LogP) is 3.86. The molecule has 1 amide bonds. The molecular formula is C22H41NO8S. The molecule has 3 N–H and O–H groups in total. The Morgan fingerprint density at radius 1 is 0.844 bits per heavy atom. The molecule has 9 nitrogen and oxygen atoms in total. The van der Waals surface area contributed by atoms with E-state index in [4.69, 9.17) is 14.4 Å². The Hall–Kier alpha value is -1.68. The number of carboxylic acids is 1. The topological polar surface area (TPSA) is 147 Å². The van der Waals surface area contributed by atoms with Gasteiger partial charge in [-0.25, -0.2) is 4.79 Å². The van der Waals surface area contributed by atoms with Crippen molar-refractivity contribution in [1.82, 2.24) is 5.32 Å². The van der Waals surface area contributed by atoms with Gasteiger partial charge in [-0.2, -0.15) is 8.42 Å². The number of amides is 1. The molecule has 0 bridgehead atoms. The van der Waals surface area contributed by atoms with Gasteiger partial charge >= 0.3 is 11.9 Å². The van der Waals surface area contributed by atoms with Crippen molar-refractivity contribution in [1.29, 1.82) is 0 Å². The minimum atomic E-state index is -4.93. The SMILES string of the molecule is CCCCCCCCCCCCCCOC(=O)[C@@H](CC)NC(=O)C[C@@H](C(=O)O)S(=O)(=O)O. The molecule has 0 radical (unpaired) electrons. The van der Waals surface area contributed by atoms with Crippen LogP contribution in [0.25, 0.3) is 0 Å². The van der Waals surface area contributed by atoms with Crippen molar-refractivity contribution in [2.75, 3.05) is 6.61 Å². The second-order valence-electron chi connectivity index (χ2n) is 8.13. The number of hydrogen-bond donors (Lipinski definition) is 3. The summed E-state index contributed by atoms with van der Waals surface area (Å²) in [6.45, 7) is 4.08. The molecule has 2 atom stereocenters. The zero-order valence-electron chi connectivity index (χ0n) is 19.5. The molecule has 0 heterocycles. The van der Waals surface area contributed by atoms with E-state index in [0.717, 1.165) is 25.7 Å².